The van der Waals surface area contributed by atoms with E-state index >= 15 is 0 Å². The van der Waals surface area contributed by atoms with Crippen LogP contribution in [0.3, 0.4) is 0 Å². The minimum absolute atomic E-state index is 0. The maximum atomic E-state index is 11.4. The van der Waals surface area contributed by atoms with Crippen molar-refractivity contribution in [1.82, 2.24) is 5.43 Å². The molecule has 0 saturated carbocycles. The van der Waals surface area contributed by atoms with Gasteiger partial charge in [-0.15, -0.1) is 0 Å². The smallest absolute Gasteiger partial charge is 0.295 e. The van der Waals surface area contributed by atoms with Gasteiger partial charge in [0.15, 0.2) is 6.54 Å². The fraction of sp³-hybridized carbons (Fsp3) is 0.333. The van der Waals surface area contributed by atoms with E-state index in [1.165, 1.54) is 6.21 Å². The van der Waals surface area contributed by atoms with Gasteiger partial charge in [-0.25, -0.2) is 5.43 Å². The third-order valence-electron chi connectivity index (χ3n) is 1.95. The van der Waals surface area contributed by atoms with Crippen LogP contribution in [0.2, 0.25) is 0 Å². The largest absolute Gasteiger partial charge is 1.00 e. The predicted octanol–water partition coefficient (Wildman–Crippen LogP) is -2.45. The third-order valence-corrected chi connectivity index (χ3v) is 1.95. The van der Waals surface area contributed by atoms with Crippen LogP contribution < -0.4 is 29.4 Å². The van der Waals surface area contributed by atoms with Gasteiger partial charge in [0.05, 0.1) is 27.4 Å². The molecule has 1 aromatic rings. The number of quaternary nitrogens is 1. The van der Waals surface area contributed by atoms with Crippen molar-refractivity contribution >= 4 is 12.1 Å². The van der Waals surface area contributed by atoms with Crippen LogP contribution in [-0.4, -0.2) is 49.4 Å². The molecule has 1 aromatic carbocycles. The second-order valence-corrected chi connectivity index (χ2v) is 4.80. The van der Waals surface area contributed by atoms with Crippen LogP contribution in [-0.2, 0) is 4.79 Å². The first-order chi connectivity index (χ1) is 7.88. The minimum atomic E-state index is -0.163. The highest BCUT2D eigenvalue weighted by molar-refractivity contribution is 5.85. The highest BCUT2D eigenvalue weighted by atomic mass is 127. The molecule has 0 aliphatic rings. The quantitative estimate of drug-likeness (QED) is 0.270. The fourth-order valence-corrected chi connectivity index (χ4v) is 1.24. The first-order valence-corrected chi connectivity index (χ1v) is 5.29. The fourth-order valence-electron chi connectivity index (χ4n) is 1.24. The molecule has 0 unspecified atom stereocenters. The molecule has 0 aliphatic heterocycles. The van der Waals surface area contributed by atoms with Crippen LogP contribution in [0.25, 0.3) is 0 Å². The van der Waals surface area contributed by atoms with E-state index in [4.69, 9.17) is 0 Å². The number of nitrogens with zero attached hydrogens (tertiary/aromatic N) is 2. The van der Waals surface area contributed by atoms with E-state index in [2.05, 4.69) is 10.5 Å². The molecule has 0 aromatic heterocycles. The number of carbonyl (C=O) groups excluding carboxylic acids is 1. The van der Waals surface area contributed by atoms with Gasteiger partial charge in [-0.05, 0) is 12.1 Å². The summed E-state index contributed by atoms with van der Waals surface area (Å²) in [6.45, 7) is 0.345. The summed E-state index contributed by atoms with van der Waals surface area (Å²) in [5.74, 6) is -0.0266. The highest BCUT2D eigenvalue weighted by Crippen LogP contribution is 2.12. The van der Waals surface area contributed by atoms with Crippen molar-refractivity contribution in [3.8, 4) is 5.75 Å². The number of carbonyl (C=O) groups is 1. The molecule has 18 heavy (non-hydrogen) atoms. The monoisotopic (exact) mass is 363 g/mol. The summed E-state index contributed by atoms with van der Waals surface area (Å²) in [6, 6.07) is 6.79. The number of benzene rings is 1. The molecule has 0 saturated heterocycles. The number of nitrogens with one attached hydrogen (secondary N) is 1. The Labute approximate surface area is 124 Å². The number of phenolic OH excluding ortho intramolecular Hbond substituents is 1. The van der Waals surface area contributed by atoms with E-state index in [0.29, 0.717) is 16.6 Å². The van der Waals surface area contributed by atoms with Crippen molar-refractivity contribution in [3.63, 3.8) is 0 Å². The number of para-hydroxylation sites is 1. The second kappa shape index (κ2) is 7.32. The number of phenols is 1. The van der Waals surface area contributed by atoms with Crippen LogP contribution >= 0.6 is 0 Å². The van der Waals surface area contributed by atoms with Crippen molar-refractivity contribution in [1.29, 1.82) is 0 Å². The lowest BCUT2D eigenvalue weighted by atomic mass is 10.2. The van der Waals surface area contributed by atoms with Gasteiger partial charge in [0, 0.05) is 5.56 Å². The minimum Gasteiger partial charge on any atom is -1.00 e. The highest BCUT2D eigenvalue weighted by Gasteiger charge is 2.12. The lowest BCUT2D eigenvalue weighted by Crippen LogP contribution is -3.00. The molecule has 0 radical (unpaired) electrons. The van der Waals surface area contributed by atoms with Crippen LogP contribution in [0.1, 0.15) is 5.56 Å². The summed E-state index contributed by atoms with van der Waals surface area (Å²) in [6.07, 6.45) is 1.42. The van der Waals surface area contributed by atoms with Crippen molar-refractivity contribution in [2.45, 2.75) is 0 Å². The third kappa shape index (κ3) is 6.55. The Morgan fingerprint density at radius 3 is 2.56 bits per heavy atom. The van der Waals surface area contributed by atoms with Crippen LogP contribution in [0.5, 0.6) is 5.75 Å². The maximum absolute atomic E-state index is 11.4. The van der Waals surface area contributed by atoms with Crippen molar-refractivity contribution in [3.05, 3.63) is 29.8 Å². The van der Waals surface area contributed by atoms with Crippen LogP contribution in [0.4, 0.5) is 0 Å². The molecule has 1 rings (SSSR count). The Balaban J connectivity index is 0.00000289. The molecule has 0 bridgehead atoms. The molecule has 2 N–H and O–H groups in total. The number of hydrazone groups is 1. The van der Waals surface area contributed by atoms with E-state index in [1.807, 2.05) is 21.1 Å². The molecule has 0 heterocycles. The summed E-state index contributed by atoms with van der Waals surface area (Å²) < 4.78 is 0.540. The number of amides is 1. The van der Waals surface area contributed by atoms with E-state index in [-0.39, 0.29) is 35.6 Å². The van der Waals surface area contributed by atoms with Gasteiger partial charge in [-0.1, -0.05) is 12.1 Å². The van der Waals surface area contributed by atoms with Gasteiger partial charge >= 0.3 is 0 Å². The first kappa shape index (κ1) is 16.9. The van der Waals surface area contributed by atoms with Gasteiger partial charge in [-0.3, -0.25) is 4.79 Å². The van der Waals surface area contributed by atoms with Gasteiger partial charge < -0.3 is 33.6 Å². The molecule has 0 fully saturated rings. The molecule has 0 spiro atoms. The van der Waals surface area contributed by atoms with Gasteiger partial charge in [0.25, 0.3) is 5.91 Å². The zero-order valence-electron chi connectivity index (χ0n) is 10.7. The Morgan fingerprint density at radius 1 is 1.39 bits per heavy atom. The second-order valence-electron chi connectivity index (χ2n) is 4.80. The Kier molecular flexibility index (Phi) is 6.85. The Hall–Kier alpha value is -1.15. The first-order valence-electron chi connectivity index (χ1n) is 5.29. The molecular formula is C12H18IN3O2. The lowest BCUT2D eigenvalue weighted by Gasteiger charge is -2.21. The van der Waals surface area contributed by atoms with Crippen LogP contribution in [0.15, 0.2) is 29.4 Å². The predicted molar refractivity (Wildman–Crippen MR) is 66.7 cm³/mol. The van der Waals surface area contributed by atoms with Crippen molar-refractivity contribution in [2.75, 3.05) is 27.7 Å². The van der Waals surface area contributed by atoms with Gasteiger partial charge in [0.1, 0.15) is 5.75 Å². The van der Waals surface area contributed by atoms with E-state index < -0.39 is 0 Å². The maximum Gasteiger partial charge on any atom is 0.295 e. The molecule has 5 nitrogen and oxygen atoms in total. The number of halogens is 1. The number of hydrogen-bond acceptors (Lipinski definition) is 3. The SMILES string of the molecule is C[N+](C)(C)CC(=O)N/N=C/c1ccccc1O.[I-]. The van der Waals surface area contributed by atoms with Gasteiger partial charge in [0.2, 0.25) is 0 Å². The topological polar surface area (TPSA) is 61.7 Å². The molecule has 6 heteroatoms. The Bertz CT molecular complexity index is 428. The lowest BCUT2D eigenvalue weighted by molar-refractivity contribution is -0.862. The van der Waals surface area contributed by atoms with Crippen molar-refractivity contribution < 1.29 is 38.4 Å². The average Bonchev–Trinajstić information content (AvgIpc) is 2.18. The number of rotatable bonds is 4. The average molecular weight is 363 g/mol. The summed E-state index contributed by atoms with van der Waals surface area (Å²) in [4.78, 5) is 11.4. The number of aromatic hydroxyl groups is 1. The standard InChI is InChI=1S/C12H17N3O2.HI/c1-15(2,3)9-12(17)14-13-8-10-6-4-5-7-11(10)16;/h4-8H,9H2,1-3H3,(H-,13,14,16,17);1H. The normalized spacial score (nSPS) is 11.1. The molecular weight excluding hydrogens is 345 g/mol. The summed E-state index contributed by atoms with van der Waals surface area (Å²) in [5.41, 5.74) is 2.99. The zero-order chi connectivity index (χ0) is 12.9. The number of hydrogen-bond donors (Lipinski definition) is 2. The summed E-state index contributed by atoms with van der Waals surface area (Å²) in [5, 5.41) is 13.2. The summed E-state index contributed by atoms with van der Waals surface area (Å²) in [7, 11) is 5.77. The van der Waals surface area contributed by atoms with Gasteiger partial charge in [-0.2, -0.15) is 5.10 Å². The van der Waals surface area contributed by atoms with E-state index in [1.54, 1.807) is 24.3 Å². The molecule has 0 aliphatic carbocycles. The summed E-state index contributed by atoms with van der Waals surface area (Å²) >= 11 is 0. The van der Waals surface area contributed by atoms with E-state index in [0.717, 1.165) is 0 Å². The van der Waals surface area contributed by atoms with E-state index in [9.17, 15) is 9.90 Å². The van der Waals surface area contributed by atoms with Crippen LogP contribution in [0, 0.1) is 0 Å². The number of likely N-dealkylation sites (N-methyl/N-ethyl adjacent to an activating group) is 1. The Morgan fingerprint density at radius 2 is 2.00 bits per heavy atom. The molecule has 1 amide bonds. The molecule has 0 atom stereocenters. The zero-order valence-corrected chi connectivity index (χ0v) is 12.9. The van der Waals surface area contributed by atoms with Crippen molar-refractivity contribution in [2.24, 2.45) is 5.10 Å². The molecule has 100 valence electrons.